The van der Waals surface area contributed by atoms with E-state index in [0.717, 1.165) is 66.1 Å². The summed E-state index contributed by atoms with van der Waals surface area (Å²) in [6.07, 6.45) is 0. The zero-order valence-corrected chi connectivity index (χ0v) is 34.4. The van der Waals surface area contributed by atoms with Crippen LogP contribution in [0.2, 0.25) is 0 Å². The number of para-hydroxylation sites is 1. The Hall–Kier alpha value is -8.19. The third-order valence-corrected chi connectivity index (χ3v) is 13.9. The molecule has 0 fully saturated rings. The van der Waals surface area contributed by atoms with Crippen molar-refractivity contribution in [2.75, 3.05) is 0 Å². The fourth-order valence-electron chi connectivity index (χ4n) is 9.90. The van der Waals surface area contributed by atoms with E-state index in [1.807, 2.05) is 30.3 Å². The SMILES string of the molecule is c1ccc(-c2nc(-c3ccc4sc5ccccc5c4c3)nc(-c3cccc4c3oc3c5ccccc5c(-n5c6cc7ccccc7cc6c6c7ccccc7ccc65)cc43)n2)cc1. The van der Waals surface area contributed by atoms with Crippen LogP contribution in [0.15, 0.2) is 199 Å². The Bertz CT molecular complexity index is 4220. The van der Waals surface area contributed by atoms with E-state index in [9.17, 15) is 0 Å². The molecule has 5 nitrogen and oxygen atoms in total. The van der Waals surface area contributed by atoms with Gasteiger partial charge in [-0.05, 0) is 76.1 Å². The minimum absolute atomic E-state index is 0.560. The Morgan fingerprint density at radius 2 is 1.02 bits per heavy atom. The summed E-state index contributed by atoms with van der Waals surface area (Å²) in [4.78, 5) is 15.5. The molecule has 0 saturated carbocycles. The zero-order valence-electron chi connectivity index (χ0n) is 33.6. The predicted molar refractivity (Wildman–Crippen MR) is 263 cm³/mol. The summed E-state index contributed by atoms with van der Waals surface area (Å²) in [6.45, 7) is 0. The fourth-order valence-corrected chi connectivity index (χ4v) is 11.0. The van der Waals surface area contributed by atoms with Gasteiger partial charge >= 0.3 is 0 Å². The van der Waals surface area contributed by atoms with Crippen molar-refractivity contribution in [2.45, 2.75) is 0 Å². The Kier molecular flexibility index (Phi) is 7.21. The second-order valence-electron chi connectivity index (χ2n) is 16.3. The van der Waals surface area contributed by atoms with Gasteiger partial charge in [-0.1, -0.05) is 140 Å². The molecule has 0 radical (unpaired) electrons. The number of hydrogen-bond donors (Lipinski definition) is 0. The lowest BCUT2D eigenvalue weighted by molar-refractivity contribution is 0.673. The van der Waals surface area contributed by atoms with Gasteiger partial charge in [0.25, 0.3) is 0 Å². The Balaban J connectivity index is 1.03. The van der Waals surface area contributed by atoms with Gasteiger partial charge in [-0.15, -0.1) is 11.3 Å². The molecule has 6 heteroatoms. The molecule has 4 aromatic heterocycles. The molecule has 0 aliphatic carbocycles. The lowest BCUT2D eigenvalue weighted by Crippen LogP contribution is -2.00. The van der Waals surface area contributed by atoms with Gasteiger partial charge in [-0.3, -0.25) is 0 Å². The molecule has 0 aliphatic heterocycles. The topological polar surface area (TPSA) is 56.7 Å². The normalized spacial score (nSPS) is 12.1. The van der Waals surface area contributed by atoms with Crippen molar-refractivity contribution < 1.29 is 4.42 Å². The van der Waals surface area contributed by atoms with Gasteiger partial charge in [0.2, 0.25) is 0 Å². The molecule has 4 heterocycles. The lowest BCUT2D eigenvalue weighted by atomic mass is 10.0. The second kappa shape index (κ2) is 13.2. The maximum Gasteiger partial charge on any atom is 0.167 e. The minimum Gasteiger partial charge on any atom is -0.455 e. The van der Waals surface area contributed by atoms with Crippen molar-refractivity contribution in [3.63, 3.8) is 0 Å². The van der Waals surface area contributed by atoms with E-state index in [1.54, 1.807) is 11.3 Å². The average molecular weight is 821 g/mol. The minimum atomic E-state index is 0.560. The second-order valence-corrected chi connectivity index (χ2v) is 17.4. The monoisotopic (exact) mass is 820 g/mol. The first-order valence-electron chi connectivity index (χ1n) is 21.2. The predicted octanol–water partition coefficient (Wildman–Crippen LogP) is 15.7. The van der Waals surface area contributed by atoms with Crippen molar-refractivity contribution in [1.29, 1.82) is 0 Å². The van der Waals surface area contributed by atoms with Crippen molar-refractivity contribution in [3.8, 4) is 39.9 Å². The molecule has 10 aromatic carbocycles. The van der Waals surface area contributed by atoms with E-state index in [1.165, 1.54) is 52.5 Å². The van der Waals surface area contributed by atoms with Crippen LogP contribution in [0.3, 0.4) is 0 Å². The number of aromatic nitrogens is 4. The van der Waals surface area contributed by atoms with Crippen LogP contribution in [0.25, 0.3) is 136 Å². The molecule has 14 aromatic rings. The van der Waals surface area contributed by atoms with Gasteiger partial charge in [-0.2, -0.15) is 0 Å². The van der Waals surface area contributed by atoms with Crippen molar-refractivity contribution >= 4 is 108 Å². The number of fused-ring (bicyclic) bond motifs is 14. The Labute approximate surface area is 363 Å². The van der Waals surface area contributed by atoms with Crippen LogP contribution in [0, 0.1) is 0 Å². The highest BCUT2D eigenvalue weighted by atomic mass is 32.1. The molecule has 0 spiro atoms. The van der Waals surface area contributed by atoms with Crippen LogP contribution in [-0.2, 0) is 0 Å². The molecule has 0 atom stereocenters. The molecule has 14 rings (SSSR count). The van der Waals surface area contributed by atoms with Gasteiger partial charge in [0.05, 0.1) is 22.3 Å². The summed E-state index contributed by atoms with van der Waals surface area (Å²) in [5.74, 6) is 1.78. The molecule has 0 amide bonds. The van der Waals surface area contributed by atoms with Gasteiger partial charge in [0.1, 0.15) is 11.2 Å². The maximum absolute atomic E-state index is 7.09. The summed E-state index contributed by atoms with van der Waals surface area (Å²) in [6, 6.07) is 69.2. The van der Waals surface area contributed by atoms with Gasteiger partial charge in [0, 0.05) is 63.6 Å². The standard InChI is InChI=1S/C57H32N4OS/c1-2-14-34(15-3-1)55-58-56(37-26-28-51-44(30-37)40-20-10-11-24-50(40)63-51)60-57(59-55)43-23-12-22-42-45-32-49(39-19-8-9-21-41(39)54(45)62-53(42)43)61-47-27-25-33-13-6-7-18-38(33)52(47)46-29-35-16-4-5-17-36(35)31-48(46)61/h1-32H. The lowest BCUT2D eigenvalue weighted by Gasteiger charge is -2.13. The first-order valence-corrected chi connectivity index (χ1v) is 22.0. The molecule has 0 N–H and O–H groups in total. The number of thiophene rings is 1. The highest BCUT2D eigenvalue weighted by Gasteiger charge is 2.23. The van der Waals surface area contributed by atoms with Crippen LogP contribution in [0.4, 0.5) is 0 Å². The fraction of sp³-hybridized carbons (Fsp3) is 0. The third-order valence-electron chi connectivity index (χ3n) is 12.8. The van der Waals surface area contributed by atoms with E-state index in [2.05, 4.69) is 168 Å². The van der Waals surface area contributed by atoms with E-state index >= 15 is 0 Å². The number of rotatable bonds is 4. The van der Waals surface area contributed by atoms with Crippen LogP contribution in [-0.4, -0.2) is 19.5 Å². The smallest absolute Gasteiger partial charge is 0.167 e. The van der Waals surface area contributed by atoms with E-state index in [-0.39, 0.29) is 0 Å². The summed E-state index contributed by atoms with van der Waals surface area (Å²) >= 11 is 1.80. The molecule has 292 valence electrons. The molecule has 0 aliphatic rings. The Morgan fingerprint density at radius 1 is 0.365 bits per heavy atom. The van der Waals surface area contributed by atoms with Crippen LogP contribution in [0.1, 0.15) is 0 Å². The van der Waals surface area contributed by atoms with Crippen molar-refractivity contribution in [2.24, 2.45) is 0 Å². The van der Waals surface area contributed by atoms with Crippen LogP contribution >= 0.6 is 11.3 Å². The maximum atomic E-state index is 7.09. The average Bonchev–Trinajstić information content (AvgIpc) is 4.02. The molecular formula is C57H32N4OS. The zero-order chi connectivity index (χ0) is 41.2. The first kappa shape index (κ1) is 34.5. The number of benzene rings is 10. The molecule has 0 unspecified atom stereocenters. The number of hydrogen-bond acceptors (Lipinski definition) is 5. The molecular weight excluding hydrogens is 789 g/mol. The summed E-state index contributed by atoms with van der Waals surface area (Å²) < 4.78 is 12.1. The van der Waals surface area contributed by atoms with Crippen molar-refractivity contribution in [3.05, 3.63) is 194 Å². The highest BCUT2D eigenvalue weighted by Crippen LogP contribution is 2.45. The van der Waals surface area contributed by atoms with E-state index in [4.69, 9.17) is 19.4 Å². The van der Waals surface area contributed by atoms with Crippen LogP contribution in [0.5, 0.6) is 0 Å². The largest absolute Gasteiger partial charge is 0.455 e. The third kappa shape index (κ3) is 5.13. The van der Waals surface area contributed by atoms with Crippen LogP contribution < -0.4 is 0 Å². The van der Waals surface area contributed by atoms with Crippen molar-refractivity contribution in [1.82, 2.24) is 19.5 Å². The van der Waals surface area contributed by atoms with Gasteiger partial charge in [0.15, 0.2) is 17.5 Å². The summed E-state index contributed by atoms with van der Waals surface area (Å²) in [5.41, 5.74) is 7.67. The summed E-state index contributed by atoms with van der Waals surface area (Å²) in [7, 11) is 0. The van der Waals surface area contributed by atoms with Gasteiger partial charge < -0.3 is 8.98 Å². The molecule has 63 heavy (non-hydrogen) atoms. The summed E-state index contributed by atoms with van der Waals surface area (Å²) in [5, 5.41) is 14.0. The molecule has 0 saturated heterocycles. The van der Waals surface area contributed by atoms with E-state index in [0.29, 0.717) is 17.5 Å². The number of furan rings is 1. The quantitative estimate of drug-likeness (QED) is 0.177. The molecule has 0 bridgehead atoms. The highest BCUT2D eigenvalue weighted by molar-refractivity contribution is 7.25. The first-order chi connectivity index (χ1) is 31.2. The van der Waals surface area contributed by atoms with Gasteiger partial charge in [-0.25, -0.2) is 15.0 Å². The number of nitrogens with zero attached hydrogens (tertiary/aromatic N) is 4. The Morgan fingerprint density at radius 3 is 1.87 bits per heavy atom. The van der Waals surface area contributed by atoms with E-state index < -0.39 is 0 Å².